The van der Waals surface area contributed by atoms with Crippen LogP contribution < -0.4 is 9.64 Å². The van der Waals surface area contributed by atoms with Crippen LogP contribution in [0.4, 0.5) is 5.69 Å². The molecule has 0 saturated heterocycles. The number of rotatable bonds is 0. The Morgan fingerprint density at radius 2 is 2.36 bits per heavy atom. The van der Waals surface area contributed by atoms with Crippen molar-refractivity contribution in [3.8, 4) is 5.88 Å². The SMILES string of the molecule is C[C@H]1Oc2nc(Br)ncc2N(C)C1=O. The molecule has 1 aliphatic heterocycles. The van der Waals surface area contributed by atoms with Gasteiger partial charge >= 0.3 is 0 Å². The Balaban J connectivity index is 2.50. The number of nitrogens with zero attached hydrogens (tertiary/aromatic N) is 3. The first-order valence-corrected chi connectivity index (χ1v) is 4.85. The van der Waals surface area contributed by atoms with Crippen LogP contribution in [-0.4, -0.2) is 29.0 Å². The Bertz CT molecular complexity index is 396. The molecule has 0 radical (unpaired) electrons. The third kappa shape index (κ3) is 1.35. The number of amides is 1. The van der Waals surface area contributed by atoms with Gasteiger partial charge in [0.25, 0.3) is 5.91 Å². The van der Waals surface area contributed by atoms with E-state index in [0.717, 1.165) is 0 Å². The molecule has 6 heteroatoms. The Hall–Kier alpha value is -1.17. The molecule has 0 N–H and O–H groups in total. The lowest BCUT2D eigenvalue weighted by Crippen LogP contribution is -2.42. The number of carbonyl (C=O) groups is 1. The van der Waals surface area contributed by atoms with Crippen molar-refractivity contribution >= 4 is 27.5 Å². The number of hydrogen-bond acceptors (Lipinski definition) is 4. The second-order valence-corrected chi connectivity index (χ2v) is 3.70. The molecule has 1 amide bonds. The van der Waals surface area contributed by atoms with E-state index < -0.39 is 6.10 Å². The van der Waals surface area contributed by atoms with E-state index in [9.17, 15) is 4.79 Å². The van der Waals surface area contributed by atoms with Gasteiger partial charge < -0.3 is 9.64 Å². The molecule has 1 aliphatic rings. The van der Waals surface area contributed by atoms with Crippen LogP contribution in [0.5, 0.6) is 5.88 Å². The summed E-state index contributed by atoms with van der Waals surface area (Å²) in [6.45, 7) is 1.69. The largest absolute Gasteiger partial charge is 0.463 e. The van der Waals surface area contributed by atoms with Gasteiger partial charge in [-0.3, -0.25) is 4.79 Å². The lowest BCUT2D eigenvalue weighted by molar-refractivity contribution is -0.125. The smallest absolute Gasteiger partial charge is 0.267 e. The number of anilines is 1. The van der Waals surface area contributed by atoms with Crippen LogP contribution in [-0.2, 0) is 4.79 Å². The first-order chi connectivity index (χ1) is 6.59. The minimum Gasteiger partial charge on any atom is -0.463 e. The van der Waals surface area contributed by atoms with Crippen molar-refractivity contribution in [3.05, 3.63) is 10.9 Å². The maximum Gasteiger partial charge on any atom is 0.267 e. The third-order valence-electron chi connectivity index (χ3n) is 2.03. The topological polar surface area (TPSA) is 55.3 Å². The number of likely N-dealkylation sites (N-methyl/N-ethyl adjacent to an activating group) is 1. The average molecular weight is 258 g/mol. The molecular formula is C8H8BrN3O2. The van der Waals surface area contributed by atoms with Gasteiger partial charge in [0.2, 0.25) is 5.88 Å². The lowest BCUT2D eigenvalue weighted by atomic mass is 10.3. The van der Waals surface area contributed by atoms with Crippen LogP contribution in [0, 0.1) is 0 Å². The molecule has 0 aliphatic carbocycles. The van der Waals surface area contributed by atoms with Crippen molar-refractivity contribution in [2.75, 3.05) is 11.9 Å². The van der Waals surface area contributed by atoms with Crippen LogP contribution in [0.15, 0.2) is 10.9 Å². The van der Waals surface area contributed by atoms with Gasteiger partial charge in [-0.2, -0.15) is 4.98 Å². The van der Waals surface area contributed by atoms with E-state index in [-0.39, 0.29) is 5.91 Å². The average Bonchev–Trinajstić information content (AvgIpc) is 2.14. The Labute approximate surface area is 89.2 Å². The summed E-state index contributed by atoms with van der Waals surface area (Å²) < 4.78 is 5.77. The number of aromatic nitrogens is 2. The molecule has 5 nitrogen and oxygen atoms in total. The highest BCUT2D eigenvalue weighted by Crippen LogP contribution is 2.30. The second kappa shape index (κ2) is 3.20. The van der Waals surface area contributed by atoms with Crippen LogP contribution in [0.3, 0.4) is 0 Å². The van der Waals surface area contributed by atoms with Gasteiger partial charge in [-0.1, -0.05) is 0 Å². The van der Waals surface area contributed by atoms with Gasteiger partial charge in [-0.25, -0.2) is 4.98 Å². The first-order valence-electron chi connectivity index (χ1n) is 4.06. The highest BCUT2D eigenvalue weighted by atomic mass is 79.9. The van der Waals surface area contributed by atoms with Gasteiger partial charge in [0, 0.05) is 7.05 Å². The minimum atomic E-state index is -0.491. The number of ether oxygens (including phenoxy) is 1. The molecule has 0 bridgehead atoms. The highest BCUT2D eigenvalue weighted by Gasteiger charge is 2.30. The van der Waals surface area contributed by atoms with Crippen LogP contribution in [0.25, 0.3) is 0 Å². The molecule has 2 rings (SSSR count). The fourth-order valence-electron chi connectivity index (χ4n) is 1.27. The molecule has 1 aromatic rings. The van der Waals surface area contributed by atoms with Crippen LogP contribution in [0.2, 0.25) is 0 Å². The maximum atomic E-state index is 11.5. The zero-order chi connectivity index (χ0) is 10.3. The Morgan fingerprint density at radius 1 is 1.64 bits per heavy atom. The van der Waals surface area contributed by atoms with Crippen LogP contribution >= 0.6 is 15.9 Å². The zero-order valence-corrected chi connectivity index (χ0v) is 9.28. The van der Waals surface area contributed by atoms with E-state index >= 15 is 0 Å². The normalized spacial score (nSPS) is 20.4. The minimum absolute atomic E-state index is 0.0941. The molecule has 0 fully saturated rings. The van der Waals surface area contributed by atoms with Crippen molar-refractivity contribution in [2.24, 2.45) is 0 Å². The van der Waals surface area contributed by atoms with Crippen molar-refractivity contribution in [1.82, 2.24) is 9.97 Å². The fourth-order valence-corrected chi connectivity index (χ4v) is 1.53. The summed E-state index contributed by atoms with van der Waals surface area (Å²) >= 11 is 3.14. The van der Waals surface area contributed by atoms with Gasteiger partial charge in [-0.05, 0) is 22.9 Å². The number of hydrogen-bond donors (Lipinski definition) is 0. The Kier molecular flexibility index (Phi) is 2.14. The summed E-state index contributed by atoms with van der Waals surface area (Å²) in [6, 6.07) is 0. The third-order valence-corrected chi connectivity index (χ3v) is 2.42. The molecule has 0 spiro atoms. The number of fused-ring (bicyclic) bond motifs is 1. The van der Waals surface area contributed by atoms with Gasteiger partial charge in [-0.15, -0.1) is 0 Å². The molecular weight excluding hydrogens is 250 g/mol. The molecule has 14 heavy (non-hydrogen) atoms. The molecule has 0 saturated carbocycles. The monoisotopic (exact) mass is 257 g/mol. The predicted octanol–water partition coefficient (Wildman–Crippen LogP) is 0.983. The summed E-state index contributed by atoms with van der Waals surface area (Å²) in [5, 5.41) is 0. The van der Waals surface area contributed by atoms with Gasteiger partial charge in [0.15, 0.2) is 10.8 Å². The number of halogens is 1. The molecule has 0 unspecified atom stereocenters. The summed E-state index contributed by atoms with van der Waals surface area (Å²) in [4.78, 5) is 21.0. The van der Waals surface area contributed by atoms with Crippen molar-refractivity contribution in [2.45, 2.75) is 13.0 Å². The molecule has 1 aromatic heterocycles. The van der Waals surface area contributed by atoms with Gasteiger partial charge in [0.05, 0.1) is 6.20 Å². The molecule has 2 heterocycles. The van der Waals surface area contributed by atoms with Gasteiger partial charge in [0.1, 0.15) is 5.69 Å². The molecule has 0 aromatic carbocycles. The predicted molar refractivity (Wildman–Crippen MR) is 53.2 cm³/mol. The lowest BCUT2D eigenvalue weighted by Gasteiger charge is -2.28. The maximum absolute atomic E-state index is 11.5. The summed E-state index contributed by atoms with van der Waals surface area (Å²) in [5.74, 6) is 0.338. The van der Waals surface area contributed by atoms with E-state index in [1.54, 1.807) is 20.2 Å². The molecule has 1 atom stereocenters. The quantitative estimate of drug-likeness (QED) is 0.651. The van der Waals surface area contributed by atoms with E-state index in [1.807, 2.05) is 0 Å². The fraction of sp³-hybridized carbons (Fsp3) is 0.375. The second-order valence-electron chi connectivity index (χ2n) is 2.99. The van der Waals surface area contributed by atoms with Crippen molar-refractivity contribution < 1.29 is 9.53 Å². The summed E-state index contributed by atoms with van der Waals surface area (Å²) in [7, 11) is 1.68. The molecule has 74 valence electrons. The Morgan fingerprint density at radius 3 is 3.07 bits per heavy atom. The van der Waals surface area contributed by atoms with Crippen molar-refractivity contribution in [1.29, 1.82) is 0 Å². The summed E-state index contributed by atoms with van der Waals surface area (Å²) in [5.41, 5.74) is 0.594. The first kappa shape index (κ1) is 9.39. The zero-order valence-electron chi connectivity index (χ0n) is 7.69. The van der Waals surface area contributed by atoms with Crippen LogP contribution in [0.1, 0.15) is 6.92 Å². The number of carbonyl (C=O) groups excluding carboxylic acids is 1. The highest BCUT2D eigenvalue weighted by molar-refractivity contribution is 9.10. The van der Waals surface area contributed by atoms with E-state index in [1.165, 1.54) is 4.90 Å². The van der Waals surface area contributed by atoms with E-state index in [2.05, 4.69) is 25.9 Å². The summed E-state index contributed by atoms with van der Waals surface area (Å²) in [6.07, 6.45) is 1.06. The standard InChI is InChI=1S/C8H8BrN3O2/c1-4-7(13)12(2)5-3-10-8(9)11-6(5)14-4/h3-4H,1-2H3/t4-/m1/s1. The van der Waals surface area contributed by atoms with E-state index in [0.29, 0.717) is 16.3 Å². The van der Waals surface area contributed by atoms with E-state index in [4.69, 9.17) is 4.74 Å². The van der Waals surface area contributed by atoms with Crippen molar-refractivity contribution in [3.63, 3.8) is 0 Å².